The van der Waals surface area contributed by atoms with Crippen LogP contribution in [0, 0.1) is 11.3 Å². The van der Waals surface area contributed by atoms with E-state index in [2.05, 4.69) is 20.4 Å². The summed E-state index contributed by atoms with van der Waals surface area (Å²) in [4.78, 5) is 31.3. The molecule has 4 aromatic rings. The molecular formula is C21H16N6O3. The zero-order valence-corrected chi connectivity index (χ0v) is 15.9. The Hall–Kier alpha value is -4.45. The number of fused-ring (bicyclic) bond motifs is 1. The smallest absolute Gasteiger partial charge is 0.265 e. The van der Waals surface area contributed by atoms with Gasteiger partial charge in [0.15, 0.2) is 11.8 Å². The van der Waals surface area contributed by atoms with E-state index in [1.807, 2.05) is 6.07 Å². The van der Waals surface area contributed by atoms with Crippen LogP contribution in [-0.2, 0) is 4.79 Å². The molecule has 0 spiro atoms. The van der Waals surface area contributed by atoms with Crippen LogP contribution in [0.3, 0.4) is 0 Å². The van der Waals surface area contributed by atoms with Crippen LogP contribution in [0.25, 0.3) is 16.7 Å². The first-order valence-corrected chi connectivity index (χ1v) is 9.05. The minimum atomic E-state index is -0.817. The Labute approximate surface area is 170 Å². The second-order valence-corrected chi connectivity index (χ2v) is 6.43. The summed E-state index contributed by atoms with van der Waals surface area (Å²) < 4.78 is 7.15. The molecule has 0 aliphatic carbocycles. The van der Waals surface area contributed by atoms with Crippen molar-refractivity contribution in [3.8, 4) is 17.5 Å². The van der Waals surface area contributed by atoms with Crippen molar-refractivity contribution in [3.05, 3.63) is 77.0 Å². The molecule has 30 heavy (non-hydrogen) atoms. The van der Waals surface area contributed by atoms with E-state index in [0.717, 1.165) is 0 Å². The number of nitrogens with one attached hydrogen (secondary N) is 2. The van der Waals surface area contributed by atoms with Crippen molar-refractivity contribution in [1.82, 2.24) is 19.7 Å². The number of carbonyl (C=O) groups excluding carboxylic acids is 1. The molecule has 1 amide bonds. The standard InChI is InChI=1S/C21H16N6O3/c1-13(30-15-6-4-5-14(9-15)10-22)20(28)26-17-7-2-3-8-18(17)27-19-16(11-25-27)21(29)24-12-23-19/h2-9,11-13H,1H3,(H,26,28)(H,23,24,29). The highest BCUT2D eigenvalue weighted by atomic mass is 16.5. The molecule has 9 heteroatoms. The number of H-pyrrole nitrogens is 1. The summed E-state index contributed by atoms with van der Waals surface area (Å²) in [5.41, 5.74) is 1.55. The van der Waals surface area contributed by atoms with Crippen LogP contribution in [0.15, 0.2) is 65.8 Å². The van der Waals surface area contributed by atoms with Gasteiger partial charge in [0.1, 0.15) is 11.1 Å². The molecule has 1 unspecified atom stereocenters. The number of hydrogen-bond donors (Lipinski definition) is 2. The minimum absolute atomic E-state index is 0.297. The largest absolute Gasteiger partial charge is 0.481 e. The summed E-state index contributed by atoms with van der Waals surface area (Å²) in [5, 5.41) is 16.4. The number of rotatable bonds is 5. The molecule has 2 N–H and O–H groups in total. The maximum Gasteiger partial charge on any atom is 0.265 e. The minimum Gasteiger partial charge on any atom is -0.481 e. The molecule has 0 saturated carbocycles. The van der Waals surface area contributed by atoms with Crippen molar-refractivity contribution in [2.45, 2.75) is 13.0 Å². The molecule has 2 heterocycles. The van der Waals surface area contributed by atoms with Crippen molar-refractivity contribution in [1.29, 1.82) is 5.26 Å². The number of para-hydroxylation sites is 2. The molecule has 4 rings (SSSR count). The van der Waals surface area contributed by atoms with E-state index in [1.54, 1.807) is 55.5 Å². The van der Waals surface area contributed by atoms with Crippen molar-refractivity contribution in [3.63, 3.8) is 0 Å². The third-order valence-corrected chi connectivity index (χ3v) is 4.41. The van der Waals surface area contributed by atoms with Gasteiger partial charge in [-0.15, -0.1) is 0 Å². The Bertz CT molecular complexity index is 1330. The monoisotopic (exact) mass is 400 g/mol. The SMILES string of the molecule is CC(Oc1cccc(C#N)c1)C(=O)Nc1ccccc1-n1ncc2c(=O)[nH]cnc21. The number of hydrogen-bond acceptors (Lipinski definition) is 6. The lowest BCUT2D eigenvalue weighted by Gasteiger charge is -2.16. The van der Waals surface area contributed by atoms with Gasteiger partial charge >= 0.3 is 0 Å². The average Bonchev–Trinajstić information content (AvgIpc) is 3.19. The van der Waals surface area contributed by atoms with Gasteiger partial charge < -0.3 is 15.0 Å². The predicted octanol–water partition coefficient (Wildman–Crippen LogP) is 2.39. The van der Waals surface area contributed by atoms with Crippen molar-refractivity contribution >= 4 is 22.6 Å². The number of nitrogens with zero attached hydrogens (tertiary/aromatic N) is 4. The Morgan fingerprint density at radius 3 is 2.93 bits per heavy atom. The van der Waals surface area contributed by atoms with Crippen LogP contribution in [0.5, 0.6) is 5.75 Å². The normalized spacial score (nSPS) is 11.6. The Morgan fingerprint density at radius 2 is 2.10 bits per heavy atom. The van der Waals surface area contributed by atoms with Crippen molar-refractivity contribution < 1.29 is 9.53 Å². The maximum atomic E-state index is 12.7. The van der Waals surface area contributed by atoms with Crippen LogP contribution in [0.4, 0.5) is 5.69 Å². The molecule has 0 fully saturated rings. The molecule has 0 radical (unpaired) electrons. The molecule has 0 saturated heterocycles. The Kier molecular flexibility index (Phi) is 4.97. The fourth-order valence-electron chi connectivity index (χ4n) is 2.93. The first-order valence-electron chi connectivity index (χ1n) is 9.05. The number of aromatic amines is 1. The molecule has 0 aliphatic heterocycles. The summed E-state index contributed by atoms with van der Waals surface area (Å²) in [7, 11) is 0. The Balaban J connectivity index is 1.59. The third-order valence-electron chi connectivity index (χ3n) is 4.41. The topological polar surface area (TPSA) is 126 Å². The molecular weight excluding hydrogens is 384 g/mol. The van der Waals surface area contributed by atoms with E-state index >= 15 is 0 Å². The number of amides is 1. The number of aromatic nitrogens is 4. The summed E-state index contributed by atoms with van der Waals surface area (Å²) in [6, 6.07) is 15.7. The lowest BCUT2D eigenvalue weighted by molar-refractivity contribution is -0.122. The van der Waals surface area contributed by atoms with E-state index in [4.69, 9.17) is 10.00 Å². The predicted molar refractivity (Wildman–Crippen MR) is 109 cm³/mol. The second-order valence-electron chi connectivity index (χ2n) is 6.43. The molecule has 148 valence electrons. The van der Waals surface area contributed by atoms with Gasteiger partial charge in [0.05, 0.1) is 35.5 Å². The lowest BCUT2D eigenvalue weighted by Crippen LogP contribution is -2.30. The third kappa shape index (κ3) is 3.62. The fourth-order valence-corrected chi connectivity index (χ4v) is 2.93. The zero-order valence-electron chi connectivity index (χ0n) is 15.9. The van der Waals surface area contributed by atoms with Gasteiger partial charge in [-0.05, 0) is 37.3 Å². The maximum absolute atomic E-state index is 12.7. The molecule has 1 atom stereocenters. The number of ether oxygens (including phenoxy) is 1. The van der Waals surface area contributed by atoms with Crippen molar-refractivity contribution in [2.75, 3.05) is 5.32 Å². The van der Waals surface area contributed by atoms with Crippen LogP contribution in [0.2, 0.25) is 0 Å². The second kappa shape index (κ2) is 7.89. The highest BCUT2D eigenvalue weighted by Gasteiger charge is 2.18. The van der Waals surface area contributed by atoms with E-state index in [0.29, 0.717) is 33.7 Å². The number of anilines is 1. The van der Waals surface area contributed by atoms with Crippen LogP contribution < -0.4 is 15.6 Å². The molecule has 2 aromatic carbocycles. The van der Waals surface area contributed by atoms with E-state index in [9.17, 15) is 9.59 Å². The first-order chi connectivity index (χ1) is 14.6. The van der Waals surface area contributed by atoms with Gasteiger partial charge in [0, 0.05) is 0 Å². The van der Waals surface area contributed by atoms with Gasteiger partial charge in [-0.25, -0.2) is 9.67 Å². The van der Waals surface area contributed by atoms with E-state index in [1.165, 1.54) is 17.2 Å². The summed E-state index contributed by atoms with van der Waals surface area (Å²) >= 11 is 0. The fraction of sp³-hybridized carbons (Fsp3) is 0.0952. The van der Waals surface area contributed by atoms with Crippen molar-refractivity contribution in [2.24, 2.45) is 0 Å². The van der Waals surface area contributed by atoms with Gasteiger partial charge in [0.2, 0.25) is 0 Å². The van der Waals surface area contributed by atoms with Gasteiger partial charge in [0.25, 0.3) is 11.5 Å². The quantitative estimate of drug-likeness (QED) is 0.530. The highest BCUT2D eigenvalue weighted by Crippen LogP contribution is 2.23. The first kappa shape index (κ1) is 18.9. The van der Waals surface area contributed by atoms with E-state index in [-0.39, 0.29) is 11.5 Å². The summed E-state index contributed by atoms with van der Waals surface area (Å²) in [6.45, 7) is 1.61. The van der Waals surface area contributed by atoms with Crippen LogP contribution >= 0.6 is 0 Å². The molecule has 0 aliphatic rings. The number of benzene rings is 2. The molecule has 0 bridgehead atoms. The summed E-state index contributed by atoms with van der Waals surface area (Å²) in [6.07, 6.45) is 1.91. The average molecular weight is 400 g/mol. The highest BCUT2D eigenvalue weighted by molar-refractivity contribution is 5.96. The lowest BCUT2D eigenvalue weighted by atomic mass is 10.2. The van der Waals surface area contributed by atoms with Gasteiger partial charge in [-0.1, -0.05) is 18.2 Å². The summed E-state index contributed by atoms with van der Waals surface area (Å²) in [5.74, 6) is 0.0403. The Morgan fingerprint density at radius 1 is 1.27 bits per heavy atom. The van der Waals surface area contributed by atoms with Crippen LogP contribution in [0.1, 0.15) is 12.5 Å². The van der Waals surface area contributed by atoms with Gasteiger partial charge in [-0.2, -0.15) is 10.4 Å². The number of nitriles is 1. The van der Waals surface area contributed by atoms with Gasteiger partial charge in [-0.3, -0.25) is 9.59 Å². The number of carbonyl (C=O) groups is 1. The van der Waals surface area contributed by atoms with E-state index < -0.39 is 6.10 Å². The molecule has 9 nitrogen and oxygen atoms in total. The zero-order chi connectivity index (χ0) is 21.1. The molecule has 2 aromatic heterocycles. The van der Waals surface area contributed by atoms with Crippen LogP contribution in [-0.4, -0.2) is 31.8 Å².